The maximum Gasteiger partial charge on any atom is 0.410 e. The highest BCUT2D eigenvalue weighted by Crippen LogP contribution is 2.51. The predicted molar refractivity (Wildman–Crippen MR) is 85.3 cm³/mol. The number of aromatic nitrogens is 1. The lowest BCUT2D eigenvalue weighted by atomic mass is 9.86. The first-order valence-electron chi connectivity index (χ1n) is 7.53. The minimum atomic E-state index is -1.04. The van der Waals surface area contributed by atoms with E-state index in [4.69, 9.17) is 4.74 Å². The summed E-state index contributed by atoms with van der Waals surface area (Å²) in [6.07, 6.45) is 4.48. The van der Waals surface area contributed by atoms with Crippen molar-refractivity contribution in [2.75, 3.05) is 6.54 Å². The van der Waals surface area contributed by atoms with E-state index in [1.54, 1.807) is 17.3 Å². The van der Waals surface area contributed by atoms with E-state index in [0.717, 1.165) is 16.5 Å². The van der Waals surface area contributed by atoms with Crippen LogP contribution in [0.2, 0.25) is 0 Å². The Morgan fingerprint density at radius 3 is 2.86 bits per heavy atom. The number of fused-ring (bicyclic) bond motifs is 2. The lowest BCUT2D eigenvalue weighted by molar-refractivity contribution is -0.0577. The Labute approximate surface area is 138 Å². The number of hydrogen-bond acceptors (Lipinski definition) is 4. The number of carbonyl (C=O) groups excluding carboxylic acids is 1. The van der Waals surface area contributed by atoms with Crippen molar-refractivity contribution in [1.29, 1.82) is 0 Å². The SMILES string of the molecule is CC(C)(C)OC(=O)N1CC2CC1C(O)(c1ccncc1Br)C2. The molecule has 3 rings (SSSR count). The van der Waals surface area contributed by atoms with Gasteiger partial charge in [0.15, 0.2) is 0 Å². The first-order valence-corrected chi connectivity index (χ1v) is 8.32. The van der Waals surface area contributed by atoms with Gasteiger partial charge in [-0.15, -0.1) is 0 Å². The Balaban J connectivity index is 1.88. The normalized spacial score (nSPS) is 30.7. The van der Waals surface area contributed by atoms with E-state index in [-0.39, 0.29) is 12.1 Å². The summed E-state index contributed by atoms with van der Waals surface area (Å²) >= 11 is 3.46. The van der Waals surface area contributed by atoms with Gasteiger partial charge in [0.05, 0.1) is 6.04 Å². The van der Waals surface area contributed by atoms with Crippen molar-refractivity contribution in [3.05, 3.63) is 28.5 Å². The molecule has 0 aromatic carbocycles. The summed E-state index contributed by atoms with van der Waals surface area (Å²) in [5.74, 6) is 0.308. The van der Waals surface area contributed by atoms with Crippen molar-refractivity contribution in [2.45, 2.75) is 50.9 Å². The number of nitrogens with zero attached hydrogens (tertiary/aromatic N) is 2. The molecule has 1 aromatic heterocycles. The Morgan fingerprint density at radius 2 is 2.27 bits per heavy atom. The number of hydrogen-bond donors (Lipinski definition) is 1. The minimum absolute atomic E-state index is 0.244. The van der Waals surface area contributed by atoms with Gasteiger partial charge in [0, 0.05) is 29.0 Å². The average molecular weight is 369 g/mol. The number of aliphatic hydroxyl groups is 1. The lowest BCUT2D eigenvalue weighted by Gasteiger charge is -2.40. The molecule has 3 unspecified atom stereocenters. The molecular formula is C16H21BrN2O3. The molecule has 1 saturated carbocycles. The number of piperidine rings is 1. The fraction of sp³-hybridized carbons (Fsp3) is 0.625. The topological polar surface area (TPSA) is 62.7 Å². The van der Waals surface area contributed by atoms with E-state index in [1.807, 2.05) is 26.8 Å². The third-order valence-corrected chi connectivity index (χ3v) is 5.04. The molecule has 0 radical (unpaired) electrons. The molecule has 120 valence electrons. The van der Waals surface area contributed by atoms with Crippen LogP contribution in [0.15, 0.2) is 22.9 Å². The van der Waals surface area contributed by atoms with Gasteiger partial charge in [0.25, 0.3) is 0 Å². The maximum atomic E-state index is 12.4. The standard InChI is InChI=1S/C16H21BrN2O3/c1-15(2,3)22-14(20)19-9-10-6-13(19)16(21,7-10)11-4-5-18-8-12(11)17/h4-5,8,10,13,21H,6-7,9H2,1-3H3. The van der Waals surface area contributed by atoms with Crippen LogP contribution in [0.5, 0.6) is 0 Å². The average Bonchev–Trinajstić information content (AvgIpc) is 2.94. The van der Waals surface area contributed by atoms with Crippen LogP contribution in [0, 0.1) is 5.92 Å². The molecule has 2 fully saturated rings. The Hall–Kier alpha value is -1.14. The highest BCUT2D eigenvalue weighted by atomic mass is 79.9. The van der Waals surface area contributed by atoms with Gasteiger partial charge in [-0.25, -0.2) is 4.79 Å². The van der Waals surface area contributed by atoms with Gasteiger partial charge >= 0.3 is 6.09 Å². The van der Waals surface area contributed by atoms with Crippen LogP contribution >= 0.6 is 15.9 Å². The van der Waals surface area contributed by atoms with Crippen LogP contribution < -0.4 is 0 Å². The molecule has 5 nitrogen and oxygen atoms in total. The number of ether oxygens (including phenoxy) is 1. The van der Waals surface area contributed by atoms with Crippen molar-refractivity contribution < 1.29 is 14.6 Å². The summed E-state index contributed by atoms with van der Waals surface area (Å²) in [6, 6.07) is 1.57. The van der Waals surface area contributed by atoms with Gasteiger partial charge in [-0.1, -0.05) is 0 Å². The van der Waals surface area contributed by atoms with Crippen LogP contribution in [0.4, 0.5) is 4.79 Å². The summed E-state index contributed by atoms with van der Waals surface area (Å²) in [6.45, 7) is 6.21. The molecule has 1 aromatic rings. The van der Waals surface area contributed by atoms with Crippen molar-refractivity contribution in [3.63, 3.8) is 0 Å². The van der Waals surface area contributed by atoms with Gasteiger partial charge in [-0.3, -0.25) is 4.98 Å². The summed E-state index contributed by atoms with van der Waals surface area (Å²) in [5, 5.41) is 11.2. The quantitative estimate of drug-likeness (QED) is 0.827. The van der Waals surface area contributed by atoms with Crippen LogP contribution in [0.3, 0.4) is 0 Å². The molecule has 2 aliphatic rings. The zero-order chi connectivity index (χ0) is 16.1. The van der Waals surface area contributed by atoms with E-state index in [9.17, 15) is 9.90 Å². The molecular weight excluding hydrogens is 348 g/mol. The zero-order valence-corrected chi connectivity index (χ0v) is 14.6. The largest absolute Gasteiger partial charge is 0.444 e. The van der Waals surface area contributed by atoms with Crippen LogP contribution in [0.1, 0.15) is 39.2 Å². The van der Waals surface area contributed by atoms with E-state index >= 15 is 0 Å². The van der Waals surface area contributed by atoms with Gasteiger partial charge < -0.3 is 14.7 Å². The molecule has 1 aliphatic heterocycles. The second-order valence-corrected chi connectivity index (χ2v) is 8.09. The molecule has 1 aliphatic carbocycles. The molecule has 2 bridgehead atoms. The van der Waals surface area contributed by atoms with E-state index in [2.05, 4.69) is 20.9 Å². The van der Waals surface area contributed by atoms with Gasteiger partial charge in [-0.2, -0.15) is 0 Å². The number of pyridine rings is 1. The third-order valence-electron chi connectivity index (χ3n) is 4.41. The minimum Gasteiger partial charge on any atom is -0.444 e. The monoisotopic (exact) mass is 368 g/mol. The van der Waals surface area contributed by atoms with Crippen molar-refractivity contribution in [3.8, 4) is 0 Å². The number of carbonyl (C=O) groups is 1. The summed E-state index contributed by atoms with van der Waals surface area (Å²) < 4.78 is 6.26. The van der Waals surface area contributed by atoms with E-state index in [0.29, 0.717) is 18.9 Å². The summed E-state index contributed by atoms with van der Waals surface area (Å²) in [5.41, 5.74) is -0.779. The van der Waals surface area contributed by atoms with E-state index < -0.39 is 11.2 Å². The van der Waals surface area contributed by atoms with Gasteiger partial charge in [0.2, 0.25) is 0 Å². The molecule has 0 spiro atoms. The third kappa shape index (κ3) is 2.63. The molecule has 2 heterocycles. The van der Waals surface area contributed by atoms with Crippen molar-refractivity contribution >= 4 is 22.0 Å². The Kier molecular flexibility index (Phi) is 3.72. The first kappa shape index (κ1) is 15.7. The summed E-state index contributed by atoms with van der Waals surface area (Å²) in [4.78, 5) is 18.2. The second kappa shape index (κ2) is 5.20. The van der Waals surface area contributed by atoms with Crippen LogP contribution in [-0.2, 0) is 10.3 Å². The lowest BCUT2D eigenvalue weighted by Crippen LogP contribution is -2.52. The van der Waals surface area contributed by atoms with Gasteiger partial charge in [0.1, 0.15) is 11.2 Å². The first-order chi connectivity index (χ1) is 10.2. The Bertz CT molecular complexity index is 601. The smallest absolute Gasteiger partial charge is 0.410 e. The Morgan fingerprint density at radius 1 is 1.55 bits per heavy atom. The molecule has 1 saturated heterocycles. The molecule has 22 heavy (non-hydrogen) atoms. The molecule has 3 atom stereocenters. The van der Waals surface area contributed by atoms with E-state index in [1.165, 1.54) is 0 Å². The maximum absolute atomic E-state index is 12.4. The number of rotatable bonds is 1. The zero-order valence-electron chi connectivity index (χ0n) is 13.0. The predicted octanol–water partition coefficient (Wildman–Crippen LogP) is 3.06. The molecule has 6 heteroatoms. The second-order valence-electron chi connectivity index (χ2n) is 7.23. The molecule has 1 amide bonds. The number of halogens is 1. The van der Waals surface area contributed by atoms with Crippen LogP contribution in [0.25, 0.3) is 0 Å². The highest BCUT2D eigenvalue weighted by molar-refractivity contribution is 9.10. The highest BCUT2D eigenvalue weighted by Gasteiger charge is 2.57. The van der Waals surface area contributed by atoms with Gasteiger partial charge in [-0.05, 0) is 61.5 Å². The van der Waals surface area contributed by atoms with Crippen LogP contribution in [-0.4, -0.2) is 39.3 Å². The number of amides is 1. The summed E-state index contributed by atoms with van der Waals surface area (Å²) in [7, 11) is 0. The molecule has 1 N–H and O–H groups in total. The van der Waals surface area contributed by atoms with Crippen molar-refractivity contribution in [2.24, 2.45) is 5.92 Å². The fourth-order valence-electron chi connectivity index (χ4n) is 3.64. The number of likely N-dealkylation sites (tertiary alicyclic amines) is 1. The fourth-order valence-corrected chi connectivity index (χ4v) is 4.23. The van der Waals surface area contributed by atoms with Crippen molar-refractivity contribution in [1.82, 2.24) is 9.88 Å².